The maximum atomic E-state index is 12.8. The molecule has 0 N–H and O–H groups in total. The fraction of sp³-hybridized carbons (Fsp3) is 0.308. The van der Waals surface area contributed by atoms with Crippen molar-refractivity contribution in [1.82, 2.24) is 14.8 Å². The van der Waals surface area contributed by atoms with Gasteiger partial charge in [-0.25, -0.2) is 4.68 Å². The minimum atomic E-state index is -0.461. The lowest BCUT2D eigenvalue weighted by molar-refractivity contribution is -0.121. The van der Waals surface area contributed by atoms with Gasteiger partial charge in [-0.15, -0.1) is 0 Å². The van der Waals surface area contributed by atoms with Crippen molar-refractivity contribution in [3.63, 3.8) is 0 Å². The molecular weight excluding hydrogens is 384 g/mol. The SMILES string of the molecule is Cc1ccc(-n2nc(-c3ccccc3)c3c2[C@]2(C)C=C(C#N)C(=O)[C@H](C)[C@H]2CC3)cn1. The zero-order valence-electron chi connectivity index (χ0n) is 18.0. The number of aromatic nitrogens is 3. The number of fused-ring (bicyclic) bond motifs is 3. The van der Waals surface area contributed by atoms with Crippen LogP contribution in [0, 0.1) is 30.1 Å². The average Bonchev–Trinajstić information content (AvgIpc) is 3.18. The first-order valence-corrected chi connectivity index (χ1v) is 10.7. The molecule has 5 nitrogen and oxygen atoms in total. The van der Waals surface area contributed by atoms with Gasteiger partial charge >= 0.3 is 0 Å². The maximum absolute atomic E-state index is 12.8. The summed E-state index contributed by atoms with van der Waals surface area (Å²) < 4.78 is 1.99. The van der Waals surface area contributed by atoms with Crippen LogP contribution in [0.3, 0.4) is 0 Å². The first kappa shape index (κ1) is 19.4. The number of nitrogens with zero attached hydrogens (tertiary/aromatic N) is 4. The number of benzene rings is 1. The molecule has 2 heterocycles. The molecule has 0 unspecified atom stereocenters. The van der Waals surface area contributed by atoms with E-state index in [0.29, 0.717) is 0 Å². The van der Waals surface area contributed by atoms with Crippen LogP contribution in [-0.4, -0.2) is 20.5 Å². The number of carbonyl (C=O) groups is 1. The van der Waals surface area contributed by atoms with Crippen LogP contribution in [-0.2, 0) is 16.6 Å². The number of hydrogen-bond donors (Lipinski definition) is 0. The van der Waals surface area contributed by atoms with Crippen LogP contribution in [0.25, 0.3) is 16.9 Å². The zero-order chi connectivity index (χ0) is 21.8. The van der Waals surface area contributed by atoms with Crippen molar-refractivity contribution in [3.8, 4) is 23.0 Å². The van der Waals surface area contributed by atoms with Crippen LogP contribution in [0.4, 0.5) is 0 Å². The number of ketones is 1. The van der Waals surface area contributed by atoms with Gasteiger partial charge in [-0.05, 0) is 37.8 Å². The second-order valence-corrected chi connectivity index (χ2v) is 8.86. The third-order valence-electron chi connectivity index (χ3n) is 7.00. The van der Waals surface area contributed by atoms with Gasteiger partial charge in [0.25, 0.3) is 0 Å². The lowest BCUT2D eigenvalue weighted by Crippen LogP contribution is -2.46. The number of rotatable bonds is 2. The topological polar surface area (TPSA) is 71.6 Å². The van der Waals surface area contributed by atoms with E-state index in [1.807, 2.05) is 61.1 Å². The Kier molecular flexibility index (Phi) is 4.40. The minimum absolute atomic E-state index is 0.0419. The highest BCUT2D eigenvalue weighted by Gasteiger charge is 2.50. The van der Waals surface area contributed by atoms with Gasteiger partial charge < -0.3 is 0 Å². The largest absolute Gasteiger partial charge is 0.293 e. The van der Waals surface area contributed by atoms with E-state index >= 15 is 0 Å². The van der Waals surface area contributed by atoms with Crippen LogP contribution in [0.15, 0.2) is 60.3 Å². The second kappa shape index (κ2) is 7.02. The number of pyridine rings is 1. The van der Waals surface area contributed by atoms with E-state index in [9.17, 15) is 10.1 Å². The third kappa shape index (κ3) is 2.86. The zero-order valence-corrected chi connectivity index (χ0v) is 18.0. The molecule has 0 saturated carbocycles. The Morgan fingerprint density at radius 1 is 1.19 bits per heavy atom. The summed E-state index contributed by atoms with van der Waals surface area (Å²) in [4.78, 5) is 17.2. The monoisotopic (exact) mass is 408 g/mol. The fourth-order valence-corrected chi connectivity index (χ4v) is 5.45. The molecule has 1 aromatic carbocycles. The summed E-state index contributed by atoms with van der Waals surface area (Å²) in [6.45, 7) is 6.09. The van der Waals surface area contributed by atoms with E-state index in [2.05, 4.69) is 30.1 Å². The molecular formula is C26H24N4O. The third-order valence-corrected chi connectivity index (χ3v) is 7.00. The van der Waals surface area contributed by atoms with Gasteiger partial charge in [-0.3, -0.25) is 9.78 Å². The molecule has 3 aromatic rings. The highest BCUT2D eigenvalue weighted by molar-refractivity contribution is 6.02. The Labute approximate surface area is 182 Å². The minimum Gasteiger partial charge on any atom is -0.293 e. The Bertz CT molecular complexity index is 1250. The quantitative estimate of drug-likeness (QED) is 0.614. The molecule has 0 amide bonds. The van der Waals surface area contributed by atoms with Crippen molar-refractivity contribution in [3.05, 3.63) is 77.3 Å². The molecule has 31 heavy (non-hydrogen) atoms. The number of Topliss-reactive ketones (excluding diaryl/α,β-unsaturated/α-hetero) is 1. The highest BCUT2D eigenvalue weighted by atomic mass is 16.1. The van der Waals surface area contributed by atoms with Crippen LogP contribution in [0.5, 0.6) is 0 Å². The standard InChI is InChI=1S/C26H24N4O/c1-16-9-10-20(15-28-16)30-25-21(23(29-30)18-7-5-4-6-8-18)11-12-22-17(2)24(31)19(14-27)13-26(22,25)3/h4-10,13,15,17,22H,11-12H2,1-3H3/t17-,22-,26-/m1/s1. The maximum Gasteiger partial charge on any atom is 0.176 e. The molecule has 2 aromatic heterocycles. The summed E-state index contributed by atoms with van der Waals surface area (Å²) in [5, 5.41) is 14.7. The van der Waals surface area contributed by atoms with Gasteiger partial charge in [-0.2, -0.15) is 10.4 Å². The predicted octanol–water partition coefficient (Wildman–Crippen LogP) is 4.73. The smallest absolute Gasteiger partial charge is 0.176 e. The van der Waals surface area contributed by atoms with Gasteiger partial charge in [0.15, 0.2) is 5.78 Å². The van der Waals surface area contributed by atoms with Gasteiger partial charge in [0.1, 0.15) is 6.07 Å². The van der Waals surface area contributed by atoms with E-state index < -0.39 is 5.41 Å². The highest BCUT2D eigenvalue weighted by Crippen LogP contribution is 2.52. The molecule has 0 fully saturated rings. The molecule has 3 atom stereocenters. The van der Waals surface area contributed by atoms with Crippen LogP contribution >= 0.6 is 0 Å². The first-order chi connectivity index (χ1) is 14.9. The lowest BCUT2D eigenvalue weighted by Gasteiger charge is -2.45. The number of hydrogen-bond acceptors (Lipinski definition) is 4. The van der Waals surface area contributed by atoms with Crippen molar-refractivity contribution in [2.75, 3.05) is 0 Å². The lowest BCUT2D eigenvalue weighted by atomic mass is 9.57. The predicted molar refractivity (Wildman–Crippen MR) is 119 cm³/mol. The van der Waals surface area contributed by atoms with Gasteiger partial charge in [0.2, 0.25) is 0 Å². The molecule has 0 aliphatic heterocycles. The summed E-state index contributed by atoms with van der Waals surface area (Å²) in [5.41, 5.74) is 5.94. The number of carbonyl (C=O) groups excluding carboxylic acids is 1. The number of allylic oxidation sites excluding steroid dienone is 2. The number of aryl methyl sites for hydroxylation is 1. The van der Waals surface area contributed by atoms with Crippen molar-refractivity contribution < 1.29 is 4.79 Å². The Hall–Kier alpha value is -3.52. The van der Waals surface area contributed by atoms with E-state index in [1.54, 1.807) is 0 Å². The van der Waals surface area contributed by atoms with E-state index in [1.165, 1.54) is 5.56 Å². The molecule has 154 valence electrons. The van der Waals surface area contributed by atoms with Gasteiger partial charge in [-0.1, -0.05) is 50.3 Å². The average molecular weight is 409 g/mol. The van der Waals surface area contributed by atoms with Gasteiger partial charge in [0.05, 0.1) is 28.8 Å². The van der Waals surface area contributed by atoms with Crippen molar-refractivity contribution >= 4 is 5.78 Å². The number of nitriles is 1. The Balaban J connectivity index is 1.82. The molecule has 0 radical (unpaired) electrons. The summed E-state index contributed by atoms with van der Waals surface area (Å²) >= 11 is 0. The summed E-state index contributed by atoms with van der Waals surface area (Å²) in [5.74, 6) is -0.112. The van der Waals surface area contributed by atoms with Crippen LogP contribution in [0.2, 0.25) is 0 Å². The molecule has 0 bridgehead atoms. The van der Waals surface area contributed by atoms with E-state index in [4.69, 9.17) is 5.10 Å². The normalized spacial score (nSPS) is 24.7. The summed E-state index contributed by atoms with van der Waals surface area (Å²) in [6.07, 6.45) is 5.49. The van der Waals surface area contributed by atoms with Crippen LogP contribution < -0.4 is 0 Å². The molecule has 0 spiro atoms. The van der Waals surface area contributed by atoms with Crippen molar-refractivity contribution in [1.29, 1.82) is 5.26 Å². The van der Waals surface area contributed by atoms with Crippen molar-refractivity contribution in [2.24, 2.45) is 11.8 Å². The second-order valence-electron chi connectivity index (χ2n) is 8.86. The molecule has 0 saturated heterocycles. The van der Waals surface area contributed by atoms with E-state index in [0.717, 1.165) is 41.2 Å². The molecule has 5 rings (SSSR count). The van der Waals surface area contributed by atoms with Gasteiger partial charge in [0, 0.05) is 28.2 Å². The van der Waals surface area contributed by atoms with E-state index in [-0.39, 0.29) is 23.2 Å². The van der Waals surface area contributed by atoms with Crippen LogP contribution in [0.1, 0.15) is 37.2 Å². The van der Waals surface area contributed by atoms with Crippen molar-refractivity contribution in [2.45, 2.75) is 39.0 Å². The Morgan fingerprint density at radius 2 is 1.97 bits per heavy atom. The molecule has 2 aliphatic rings. The fourth-order valence-electron chi connectivity index (χ4n) is 5.45. The summed E-state index contributed by atoms with van der Waals surface area (Å²) in [7, 11) is 0. The first-order valence-electron chi connectivity index (χ1n) is 10.7. The Morgan fingerprint density at radius 3 is 2.65 bits per heavy atom. The molecule has 5 heteroatoms. The summed E-state index contributed by atoms with van der Waals surface area (Å²) in [6, 6.07) is 16.4. The molecule has 2 aliphatic carbocycles.